The molecule has 0 aliphatic carbocycles. The highest BCUT2D eigenvalue weighted by Crippen LogP contribution is 2.28. The van der Waals surface area contributed by atoms with Crippen molar-refractivity contribution in [2.24, 2.45) is 0 Å². The summed E-state index contributed by atoms with van der Waals surface area (Å²) in [6, 6.07) is 18.9. The summed E-state index contributed by atoms with van der Waals surface area (Å²) in [5.74, 6) is 1.30. The second-order valence-corrected chi connectivity index (χ2v) is 6.62. The van der Waals surface area contributed by atoms with Crippen LogP contribution >= 0.6 is 0 Å². The average molecular weight is 369 g/mol. The Labute approximate surface area is 163 Å². The number of rotatable bonds is 4. The molecule has 0 fully saturated rings. The van der Waals surface area contributed by atoms with Crippen LogP contribution in [0.3, 0.4) is 0 Å². The number of aromatic nitrogens is 2. The summed E-state index contributed by atoms with van der Waals surface area (Å²) < 4.78 is 5.95. The summed E-state index contributed by atoms with van der Waals surface area (Å²) in [4.78, 5) is 21.4. The molecule has 2 heterocycles. The van der Waals surface area contributed by atoms with Crippen LogP contribution < -0.4 is 5.32 Å². The molecular weight excluding hydrogens is 350 g/mol. The van der Waals surface area contributed by atoms with Gasteiger partial charge in [0, 0.05) is 17.3 Å². The second-order valence-electron chi connectivity index (χ2n) is 6.62. The molecule has 1 amide bonds. The van der Waals surface area contributed by atoms with Gasteiger partial charge in [0.25, 0.3) is 5.91 Å². The highest BCUT2D eigenvalue weighted by Gasteiger charge is 2.17. The number of hydrogen-bond donors (Lipinski definition) is 1. The number of amides is 1. The van der Waals surface area contributed by atoms with Crippen LogP contribution in [-0.4, -0.2) is 15.9 Å². The Balaban J connectivity index is 1.63. The van der Waals surface area contributed by atoms with Gasteiger partial charge >= 0.3 is 0 Å². The maximum Gasteiger partial charge on any atom is 0.257 e. The number of benzene rings is 2. The van der Waals surface area contributed by atoms with E-state index >= 15 is 0 Å². The van der Waals surface area contributed by atoms with E-state index in [1.54, 1.807) is 24.5 Å². The molecule has 0 aliphatic heterocycles. The molecule has 2 aromatic carbocycles. The fourth-order valence-electron chi connectivity index (χ4n) is 2.84. The highest BCUT2D eigenvalue weighted by atomic mass is 16.4. The van der Waals surface area contributed by atoms with E-state index in [1.165, 1.54) is 5.56 Å². The van der Waals surface area contributed by atoms with Crippen LogP contribution in [0.25, 0.3) is 22.8 Å². The van der Waals surface area contributed by atoms with Crippen LogP contribution in [0.1, 0.15) is 21.5 Å². The van der Waals surface area contributed by atoms with E-state index in [0.717, 1.165) is 11.1 Å². The predicted molar refractivity (Wildman–Crippen MR) is 109 cm³/mol. The van der Waals surface area contributed by atoms with Crippen LogP contribution in [0.15, 0.2) is 77.5 Å². The Morgan fingerprint density at radius 1 is 0.857 bits per heavy atom. The number of pyridine rings is 1. The Morgan fingerprint density at radius 3 is 2.36 bits per heavy atom. The molecule has 0 atom stereocenters. The Kier molecular flexibility index (Phi) is 4.72. The summed E-state index contributed by atoms with van der Waals surface area (Å²) >= 11 is 0. The zero-order valence-electron chi connectivity index (χ0n) is 15.6. The Morgan fingerprint density at radius 2 is 1.61 bits per heavy atom. The quantitative estimate of drug-likeness (QED) is 0.532. The van der Waals surface area contributed by atoms with Gasteiger partial charge in [0.2, 0.25) is 5.89 Å². The number of aryl methyl sites for hydroxylation is 2. The lowest BCUT2D eigenvalue weighted by Crippen LogP contribution is -2.14. The summed E-state index contributed by atoms with van der Waals surface area (Å²) in [7, 11) is 0. The van der Waals surface area contributed by atoms with Crippen molar-refractivity contribution < 1.29 is 9.21 Å². The minimum atomic E-state index is -0.262. The van der Waals surface area contributed by atoms with Gasteiger partial charge in [-0.05, 0) is 37.6 Å². The SMILES string of the molecule is Cc1ccc(-c2cnc(-c3ccccc3C(=O)Nc3ccc(C)cn3)o2)cc1. The van der Waals surface area contributed by atoms with Crippen LogP contribution in [0.5, 0.6) is 0 Å². The smallest absolute Gasteiger partial charge is 0.257 e. The van der Waals surface area contributed by atoms with Gasteiger partial charge in [0.15, 0.2) is 5.76 Å². The number of hydrogen-bond acceptors (Lipinski definition) is 4. The molecule has 28 heavy (non-hydrogen) atoms. The summed E-state index contributed by atoms with van der Waals surface area (Å²) in [6.45, 7) is 3.98. The van der Waals surface area contributed by atoms with E-state index in [1.807, 2.05) is 62.4 Å². The largest absolute Gasteiger partial charge is 0.436 e. The van der Waals surface area contributed by atoms with E-state index in [4.69, 9.17) is 4.42 Å². The topological polar surface area (TPSA) is 68.0 Å². The van der Waals surface area contributed by atoms with E-state index in [-0.39, 0.29) is 5.91 Å². The number of oxazole rings is 1. The van der Waals surface area contributed by atoms with Gasteiger partial charge in [-0.2, -0.15) is 0 Å². The fourth-order valence-corrected chi connectivity index (χ4v) is 2.84. The lowest BCUT2D eigenvalue weighted by molar-refractivity contribution is 0.102. The number of carbonyl (C=O) groups excluding carboxylic acids is 1. The third kappa shape index (κ3) is 3.69. The second kappa shape index (κ2) is 7.48. The lowest BCUT2D eigenvalue weighted by Gasteiger charge is -2.08. The highest BCUT2D eigenvalue weighted by molar-refractivity contribution is 6.07. The van der Waals surface area contributed by atoms with Gasteiger partial charge < -0.3 is 9.73 Å². The zero-order valence-corrected chi connectivity index (χ0v) is 15.6. The molecule has 0 saturated heterocycles. The molecule has 0 saturated carbocycles. The molecule has 5 nitrogen and oxygen atoms in total. The zero-order chi connectivity index (χ0) is 19.5. The number of nitrogens with one attached hydrogen (secondary N) is 1. The van der Waals surface area contributed by atoms with Crippen molar-refractivity contribution in [3.63, 3.8) is 0 Å². The predicted octanol–water partition coefficient (Wildman–Crippen LogP) is 5.27. The number of nitrogens with zero attached hydrogens (tertiary/aromatic N) is 2. The first-order valence-corrected chi connectivity index (χ1v) is 8.96. The first-order valence-electron chi connectivity index (χ1n) is 8.96. The Bertz CT molecular complexity index is 1110. The third-order valence-corrected chi connectivity index (χ3v) is 4.40. The van der Waals surface area contributed by atoms with E-state index < -0.39 is 0 Å². The molecule has 1 N–H and O–H groups in total. The molecule has 4 rings (SSSR count). The van der Waals surface area contributed by atoms with E-state index in [0.29, 0.717) is 28.6 Å². The molecule has 5 heteroatoms. The van der Waals surface area contributed by atoms with Crippen molar-refractivity contribution in [1.29, 1.82) is 0 Å². The van der Waals surface area contributed by atoms with Gasteiger partial charge in [-0.1, -0.05) is 48.0 Å². The van der Waals surface area contributed by atoms with Crippen LogP contribution in [0.2, 0.25) is 0 Å². The molecule has 0 radical (unpaired) electrons. The number of anilines is 1. The van der Waals surface area contributed by atoms with Gasteiger partial charge in [-0.25, -0.2) is 9.97 Å². The molecule has 0 aliphatic rings. The lowest BCUT2D eigenvalue weighted by atomic mass is 10.1. The van der Waals surface area contributed by atoms with Gasteiger partial charge in [0.1, 0.15) is 5.82 Å². The molecule has 0 unspecified atom stereocenters. The van der Waals surface area contributed by atoms with E-state index in [2.05, 4.69) is 15.3 Å². The molecule has 0 bridgehead atoms. The first-order chi connectivity index (χ1) is 13.6. The fraction of sp³-hybridized carbons (Fsp3) is 0.0870. The molecule has 0 spiro atoms. The van der Waals surface area contributed by atoms with Crippen molar-refractivity contribution in [3.8, 4) is 22.8 Å². The van der Waals surface area contributed by atoms with Gasteiger partial charge in [-0.3, -0.25) is 4.79 Å². The number of carbonyl (C=O) groups is 1. The molecule has 138 valence electrons. The van der Waals surface area contributed by atoms with Crippen LogP contribution in [0.4, 0.5) is 5.82 Å². The maximum atomic E-state index is 12.8. The first kappa shape index (κ1) is 17.7. The van der Waals surface area contributed by atoms with Crippen molar-refractivity contribution in [2.75, 3.05) is 5.32 Å². The van der Waals surface area contributed by atoms with Gasteiger partial charge in [0.05, 0.1) is 11.8 Å². The Hall–Kier alpha value is -3.73. The molecular formula is C23H19N3O2. The summed E-state index contributed by atoms with van der Waals surface area (Å²) in [5, 5.41) is 2.82. The standard InChI is InChI=1S/C23H19N3O2/c1-15-7-10-17(11-8-15)20-14-25-23(28-20)19-6-4-3-5-18(19)22(27)26-21-12-9-16(2)13-24-21/h3-14H,1-2H3,(H,24,26,27). The van der Waals surface area contributed by atoms with Crippen molar-refractivity contribution in [1.82, 2.24) is 9.97 Å². The minimum absolute atomic E-state index is 0.262. The maximum absolute atomic E-state index is 12.8. The van der Waals surface area contributed by atoms with Crippen molar-refractivity contribution >= 4 is 11.7 Å². The molecule has 4 aromatic rings. The van der Waals surface area contributed by atoms with Crippen molar-refractivity contribution in [2.45, 2.75) is 13.8 Å². The minimum Gasteiger partial charge on any atom is -0.436 e. The van der Waals surface area contributed by atoms with Gasteiger partial charge in [-0.15, -0.1) is 0 Å². The van der Waals surface area contributed by atoms with E-state index in [9.17, 15) is 4.79 Å². The van der Waals surface area contributed by atoms with Crippen LogP contribution in [-0.2, 0) is 0 Å². The monoisotopic (exact) mass is 369 g/mol. The summed E-state index contributed by atoms with van der Waals surface area (Å²) in [6.07, 6.45) is 3.39. The summed E-state index contributed by atoms with van der Waals surface area (Å²) in [5.41, 5.74) is 4.25. The third-order valence-electron chi connectivity index (χ3n) is 4.40. The van der Waals surface area contributed by atoms with Crippen molar-refractivity contribution in [3.05, 3.63) is 89.7 Å². The normalized spacial score (nSPS) is 10.6. The average Bonchev–Trinajstić information content (AvgIpc) is 3.20. The van der Waals surface area contributed by atoms with Crippen LogP contribution in [0, 0.1) is 13.8 Å². The molecule has 2 aromatic heterocycles.